The molecule has 0 radical (unpaired) electrons. The fourth-order valence-corrected chi connectivity index (χ4v) is 4.59. The Kier molecular flexibility index (Phi) is 4.63. The summed E-state index contributed by atoms with van der Waals surface area (Å²) in [6.07, 6.45) is 5.72. The molecule has 2 amide bonds. The first-order valence-electron chi connectivity index (χ1n) is 9.81. The zero-order valence-corrected chi connectivity index (χ0v) is 15.7. The molecule has 1 aliphatic carbocycles. The number of carbonyl (C=O) groups is 2. The van der Waals surface area contributed by atoms with Crippen LogP contribution in [0.1, 0.15) is 48.0 Å². The quantitative estimate of drug-likeness (QED) is 0.833. The van der Waals surface area contributed by atoms with Gasteiger partial charge in [-0.3, -0.25) is 9.59 Å². The van der Waals surface area contributed by atoms with Crippen LogP contribution in [-0.4, -0.2) is 54.4 Å². The highest BCUT2D eigenvalue weighted by Gasteiger charge is 2.43. The Morgan fingerprint density at radius 3 is 2.65 bits per heavy atom. The Labute approximate surface area is 155 Å². The molecule has 4 aliphatic rings. The van der Waals surface area contributed by atoms with Crippen molar-refractivity contribution in [2.45, 2.75) is 45.1 Å². The Bertz CT molecular complexity index is 713. The van der Waals surface area contributed by atoms with Gasteiger partial charge in [0, 0.05) is 31.2 Å². The minimum Gasteiger partial charge on any atom is -0.496 e. The van der Waals surface area contributed by atoms with Gasteiger partial charge in [0.15, 0.2) is 0 Å². The first-order valence-corrected chi connectivity index (χ1v) is 9.81. The van der Waals surface area contributed by atoms with Crippen molar-refractivity contribution in [3.05, 3.63) is 29.3 Å². The van der Waals surface area contributed by atoms with Gasteiger partial charge in [0.1, 0.15) is 5.75 Å². The average molecular weight is 356 g/mol. The highest BCUT2D eigenvalue weighted by atomic mass is 16.5. The van der Waals surface area contributed by atoms with E-state index in [1.807, 2.05) is 30.0 Å². The van der Waals surface area contributed by atoms with E-state index >= 15 is 0 Å². The highest BCUT2D eigenvalue weighted by Crippen LogP contribution is 2.34. The topological polar surface area (TPSA) is 49.9 Å². The number of carbonyl (C=O) groups excluding carboxylic acids is 2. The van der Waals surface area contributed by atoms with Crippen molar-refractivity contribution >= 4 is 11.8 Å². The summed E-state index contributed by atoms with van der Waals surface area (Å²) in [4.78, 5) is 30.0. The lowest BCUT2D eigenvalue weighted by Crippen LogP contribution is -2.50. The lowest BCUT2D eigenvalue weighted by molar-refractivity contribution is -0.141. The summed E-state index contributed by atoms with van der Waals surface area (Å²) in [5, 5.41) is 0. The molecule has 0 unspecified atom stereocenters. The van der Waals surface area contributed by atoms with Crippen molar-refractivity contribution in [1.82, 2.24) is 9.80 Å². The highest BCUT2D eigenvalue weighted by molar-refractivity contribution is 5.95. The largest absolute Gasteiger partial charge is 0.496 e. The van der Waals surface area contributed by atoms with Crippen LogP contribution in [0, 0.1) is 18.8 Å². The molecule has 1 aromatic carbocycles. The predicted octanol–water partition coefficient (Wildman–Crippen LogP) is 2.87. The molecule has 2 atom stereocenters. The van der Waals surface area contributed by atoms with Crippen LogP contribution in [0.5, 0.6) is 5.75 Å². The molecule has 26 heavy (non-hydrogen) atoms. The van der Waals surface area contributed by atoms with Crippen molar-refractivity contribution in [3.63, 3.8) is 0 Å². The molecular weight excluding hydrogens is 328 g/mol. The van der Waals surface area contributed by atoms with Crippen LogP contribution in [0.15, 0.2) is 18.2 Å². The first kappa shape index (κ1) is 17.4. The zero-order chi connectivity index (χ0) is 18.3. The fraction of sp³-hybridized carbons (Fsp3) is 0.619. The second kappa shape index (κ2) is 6.93. The third-order valence-electron chi connectivity index (χ3n) is 6.40. The predicted molar refractivity (Wildman–Crippen MR) is 99.2 cm³/mol. The number of nitrogens with zero attached hydrogens (tertiary/aromatic N) is 2. The summed E-state index contributed by atoms with van der Waals surface area (Å²) in [6, 6.07) is 5.75. The number of methoxy groups -OCH3 is 1. The van der Waals surface area contributed by atoms with Gasteiger partial charge in [-0.1, -0.05) is 6.42 Å². The summed E-state index contributed by atoms with van der Waals surface area (Å²) < 4.78 is 5.29. The van der Waals surface area contributed by atoms with E-state index in [1.165, 1.54) is 19.3 Å². The van der Waals surface area contributed by atoms with Crippen molar-refractivity contribution in [2.24, 2.45) is 11.8 Å². The Morgan fingerprint density at radius 1 is 1.19 bits per heavy atom. The van der Waals surface area contributed by atoms with Gasteiger partial charge in [0.2, 0.25) is 5.91 Å². The number of rotatable bonds is 4. The smallest absolute Gasteiger partial charge is 0.253 e. The third kappa shape index (κ3) is 3.08. The van der Waals surface area contributed by atoms with Gasteiger partial charge in [-0.05, 0) is 62.3 Å². The van der Waals surface area contributed by atoms with Crippen molar-refractivity contribution in [2.75, 3.05) is 26.7 Å². The van der Waals surface area contributed by atoms with E-state index in [9.17, 15) is 9.59 Å². The van der Waals surface area contributed by atoms with E-state index in [0.29, 0.717) is 24.6 Å². The summed E-state index contributed by atoms with van der Waals surface area (Å²) in [5.41, 5.74) is 1.64. The van der Waals surface area contributed by atoms with E-state index in [2.05, 4.69) is 4.90 Å². The number of aryl methyl sites for hydroxylation is 1. The molecule has 2 bridgehead atoms. The Morgan fingerprint density at radius 2 is 2.00 bits per heavy atom. The van der Waals surface area contributed by atoms with Crippen LogP contribution in [0.2, 0.25) is 0 Å². The molecule has 5 rings (SSSR count). The number of hydrogen-bond acceptors (Lipinski definition) is 3. The Balaban J connectivity index is 1.52. The van der Waals surface area contributed by atoms with Crippen molar-refractivity contribution < 1.29 is 14.3 Å². The normalized spacial score (nSPS) is 25.8. The molecule has 0 aromatic heterocycles. The van der Waals surface area contributed by atoms with E-state index < -0.39 is 0 Å². The van der Waals surface area contributed by atoms with Crippen molar-refractivity contribution in [1.29, 1.82) is 0 Å². The minimum absolute atomic E-state index is 0.0304. The maximum absolute atomic E-state index is 13.1. The van der Waals surface area contributed by atoms with Gasteiger partial charge in [-0.15, -0.1) is 0 Å². The zero-order valence-electron chi connectivity index (χ0n) is 15.7. The number of piperidine rings is 1. The van der Waals surface area contributed by atoms with Gasteiger partial charge < -0.3 is 14.5 Å². The molecule has 1 aromatic rings. The number of ether oxygens (including phenoxy) is 1. The van der Waals surface area contributed by atoms with Gasteiger partial charge in [-0.2, -0.15) is 0 Å². The molecule has 3 aliphatic heterocycles. The maximum atomic E-state index is 13.1. The number of amides is 2. The second-order valence-electron chi connectivity index (χ2n) is 8.11. The molecule has 3 saturated heterocycles. The van der Waals surface area contributed by atoms with Crippen LogP contribution in [0.3, 0.4) is 0 Å². The lowest BCUT2D eigenvalue weighted by atomic mass is 9.83. The number of benzene rings is 1. The molecule has 0 N–H and O–H groups in total. The number of fused-ring (bicyclic) bond motifs is 4. The average Bonchev–Trinajstić information content (AvgIpc) is 2.89. The second-order valence-corrected chi connectivity index (χ2v) is 8.11. The summed E-state index contributed by atoms with van der Waals surface area (Å²) in [7, 11) is 1.64. The molecular formula is C21H28N2O3. The minimum atomic E-state index is -0.0304. The molecule has 5 heteroatoms. The molecule has 5 nitrogen and oxygen atoms in total. The molecule has 3 heterocycles. The van der Waals surface area contributed by atoms with E-state index in [0.717, 1.165) is 30.7 Å². The molecule has 0 spiro atoms. The summed E-state index contributed by atoms with van der Waals surface area (Å²) in [5.74, 6) is 1.74. The Hall–Kier alpha value is -2.04. The monoisotopic (exact) mass is 356 g/mol. The van der Waals surface area contributed by atoms with Crippen molar-refractivity contribution in [3.8, 4) is 5.75 Å². The molecule has 1 saturated carbocycles. The lowest BCUT2D eigenvalue weighted by Gasteiger charge is -2.40. The van der Waals surface area contributed by atoms with Crippen LogP contribution in [0.4, 0.5) is 0 Å². The van der Waals surface area contributed by atoms with Crippen LogP contribution in [-0.2, 0) is 4.79 Å². The molecule has 4 fully saturated rings. The summed E-state index contributed by atoms with van der Waals surface area (Å²) >= 11 is 0. The maximum Gasteiger partial charge on any atom is 0.253 e. The van der Waals surface area contributed by atoms with Gasteiger partial charge >= 0.3 is 0 Å². The van der Waals surface area contributed by atoms with E-state index in [-0.39, 0.29) is 23.8 Å². The summed E-state index contributed by atoms with van der Waals surface area (Å²) in [6.45, 7) is 4.06. The van der Waals surface area contributed by atoms with E-state index in [1.54, 1.807) is 7.11 Å². The van der Waals surface area contributed by atoms with Gasteiger partial charge in [0.05, 0.1) is 13.0 Å². The SMILES string of the molecule is COc1ccc(C(=O)N2C[C@H]3CC[C@@H](C2)N(CC2CCC2)C3=O)cc1C. The van der Waals surface area contributed by atoms with Crippen LogP contribution >= 0.6 is 0 Å². The van der Waals surface area contributed by atoms with Crippen LogP contribution in [0.25, 0.3) is 0 Å². The fourth-order valence-electron chi connectivity index (χ4n) is 4.59. The van der Waals surface area contributed by atoms with Gasteiger partial charge in [-0.25, -0.2) is 0 Å². The standard InChI is InChI=1S/C21H28N2O3/c1-14-10-16(7-9-19(14)26-2)20(24)22-12-17-6-8-18(13-22)23(21(17)25)11-15-4-3-5-15/h7,9-10,15,17-18H,3-6,8,11-13H2,1-2H3/t17-,18+/m1/s1. The number of hydrogen-bond donors (Lipinski definition) is 0. The van der Waals surface area contributed by atoms with Gasteiger partial charge in [0.25, 0.3) is 5.91 Å². The first-order chi connectivity index (χ1) is 12.6. The van der Waals surface area contributed by atoms with Crippen LogP contribution < -0.4 is 4.74 Å². The van der Waals surface area contributed by atoms with E-state index in [4.69, 9.17) is 4.74 Å². The third-order valence-corrected chi connectivity index (χ3v) is 6.40. The molecule has 140 valence electrons.